The van der Waals surface area contributed by atoms with Gasteiger partial charge in [0.25, 0.3) is 0 Å². The van der Waals surface area contributed by atoms with Crippen molar-refractivity contribution >= 4 is 11.5 Å². The molecular formula is C11H19N3O. The van der Waals surface area contributed by atoms with Crippen LogP contribution in [0.4, 0.5) is 11.5 Å². The number of nitrogens with zero attached hydrogens (tertiary/aromatic N) is 1. The molecule has 0 unspecified atom stereocenters. The predicted molar refractivity (Wildman–Crippen MR) is 63.4 cm³/mol. The van der Waals surface area contributed by atoms with E-state index in [-0.39, 0.29) is 6.10 Å². The predicted octanol–water partition coefficient (Wildman–Crippen LogP) is 1.96. The van der Waals surface area contributed by atoms with Crippen molar-refractivity contribution in [3.8, 4) is 0 Å². The van der Waals surface area contributed by atoms with Gasteiger partial charge in [0.1, 0.15) is 5.82 Å². The second kappa shape index (κ2) is 6.24. The van der Waals surface area contributed by atoms with Gasteiger partial charge in [0.15, 0.2) is 0 Å². The first-order valence-corrected chi connectivity index (χ1v) is 5.21. The van der Waals surface area contributed by atoms with E-state index < -0.39 is 0 Å². The number of nitrogens with one attached hydrogen (secondary N) is 2. The topological polar surface area (TPSA) is 46.2 Å². The molecule has 0 amide bonds. The minimum absolute atomic E-state index is 0.289. The summed E-state index contributed by atoms with van der Waals surface area (Å²) in [6.07, 6.45) is 2.06. The first kappa shape index (κ1) is 11.8. The maximum atomic E-state index is 5.43. The van der Waals surface area contributed by atoms with Crippen LogP contribution >= 0.6 is 0 Å². The average molecular weight is 209 g/mol. The summed E-state index contributed by atoms with van der Waals surface area (Å²) in [5.41, 5.74) is 1.06. The van der Waals surface area contributed by atoms with Gasteiger partial charge in [-0.15, -0.1) is 0 Å². The highest BCUT2D eigenvalue weighted by Crippen LogP contribution is 2.10. The summed E-state index contributed by atoms with van der Waals surface area (Å²) in [6.45, 7) is 5.59. The third kappa shape index (κ3) is 4.65. The van der Waals surface area contributed by atoms with Crippen molar-refractivity contribution in [2.24, 2.45) is 0 Å². The van der Waals surface area contributed by atoms with Crippen LogP contribution < -0.4 is 10.6 Å². The smallest absolute Gasteiger partial charge is 0.127 e. The summed E-state index contributed by atoms with van der Waals surface area (Å²) in [4.78, 5) is 4.13. The van der Waals surface area contributed by atoms with E-state index in [1.54, 1.807) is 6.20 Å². The quantitative estimate of drug-likeness (QED) is 0.703. The van der Waals surface area contributed by atoms with Crippen LogP contribution in [-0.2, 0) is 4.74 Å². The average Bonchev–Trinajstić information content (AvgIpc) is 2.24. The van der Waals surface area contributed by atoms with Crippen LogP contribution in [0.3, 0.4) is 0 Å². The monoisotopic (exact) mass is 209 g/mol. The third-order valence-electron chi connectivity index (χ3n) is 1.90. The molecule has 15 heavy (non-hydrogen) atoms. The van der Waals surface area contributed by atoms with Gasteiger partial charge in [-0.05, 0) is 19.9 Å². The summed E-state index contributed by atoms with van der Waals surface area (Å²) in [5, 5.41) is 6.26. The van der Waals surface area contributed by atoms with Gasteiger partial charge in [-0.3, -0.25) is 0 Å². The fourth-order valence-corrected chi connectivity index (χ4v) is 1.17. The normalized spacial score (nSPS) is 10.4. The molecule has 0 atom stereocenters. The minimum Gasteiger partial charge on any atom is -0.383 e. The zero-order valence-electron chi connectivity index (χ0n) is 9.58. The minimum atomic E-state index is 0.289. The number of ether oxygens (including phenoxy) is 1. The lowest BCUT2D eigenvalue weighted by atomic mass is 10.4. The molecule has 0 aliphatic carbocycles. The highest BCUT2D eigenvalue weighted by molar-refractivity contribution is 5.51. The standard InChI is InChI=1S/C11H19N3O/c1-9(2)15-7-6-13-10-4-5-14-11(8-10)12-3/h4-5,8-9H,6-7H2,1-3H3,(H2,12,13,14). The zero-order valence-corrected chi connectivity index (χ0v) is 9.58. The molecule has 1 aromatic rings. The van der Waals surface area contributed by atoms with E-state index >= 15 is 0 Å². The first-order chi connectivity index (χ1) is 7.22. The molecule has 0 radical (unpaired) electrons. The summed E-state index contributed by atoms with van der Waals surface area (Å²) >= 11 is 0. The van der Waals surface area contributed by atoms with E-state index in [0.29, 0.717) is 0 Å². The van der Waals surface area contributed by atoms with Crippen LogP contribution in [0, 0.1) is 0 Å². The van der Waals surface area contributed by atoms with Gasteiger partial charge in [-0.25, -0.2) is 4.98 Å². The molecule has 0 bridgehead atoms. The van der Waals surface area contributed by atoms with Crippen molar-refractivity contribution in [2.45, 2.75) is 20.0 Å². The lowest BCUT2D eigenvalue weighted by Gasteiger charge is -2.10. The SMILES string of the molecule is CNc1cc(NCCOC(C)C)ccn1. The molecule has 1 heterocycles. The van der Waals surface area contributed by atoms with Crippen molar-refractivity contribution in [3.63, 3.8) is 0 Å². The second-order valence-corrected chi connectivity index (χ2v) is 3.53. The molecule has 1 rings (SSSR count). The molecule has 84 valence electrons. The van der Waals surface area contributed by atoms with Gasteiger partial charge >= 0.3 is 0 Å². The number of anilines is 2. The number of rotatable bonds is 6. The summed E-state index contributed by atoms with van der Waals surface area (Å²) in [7, 11) is 1.86. The Morgan fingerprint density at radius 2 is 2.27 bits per heavy atom. The molecule has 0 aromatic carbocycles. The molecule has 0 aliphatic rings. The molecule has 0 spiro atoms. The van der Waals surface area contributed by atoms with Gasteiger partial charge in [0.2, 0.25) is 0 Å². The van der Waals surface area contributed by atoms with Crippen molar-refractivity contribution in [1.82, 2.24) is 4.98 Å². The molecular weight excluding hydrogens is 190 g/mol. The Kier molecular flexibility index (Phi) is 4.90. The Hall–Kier alpha value is -1.29. The largest absolute Gasteiger partial charge is 0.383 e. The zero-order chi connectivity index (χ0) is 11.1. The van der Waals surface area contributed by atoms with E-state index in [1.165, 1.54) is 0 Å². The fraction of sp³-hybridized carbons (Fsp3) is 0.545. The Labute approximate surface area is 91.1 Å². The number of aromatic nitrogens is 1. The second-order valence-electron chi connectivity index (χ2n) is 3.53. The fourth-order valence-electron chi connectivity index (χ4n) is 1.17. The molecule has 2 N–H and O–H groups in total. The van der Waals surface area contributed by atoms with Crippen LogP contribution in [-0.4, -0.2) is 31.3 Å². The summed E-state index contributed by atoms with van der Waals surface area (Å²) in [6, 6.07) is 3.91. The number of pyridine rings is 1. The van der Waals surface area contributed by atoms with Gasteiger partial charge < -0.3 is 15.4 Å². The molecule has 0 saturated heterocycles. The highest BCUT2D eigenvalue weighted by Gasteiger charge is 1.95. The van der Waals surface area contributed by atoms with E-state index in [1.807, 2.05) is 33.0 Å². The maximum Gasteiger partial charge on any atom is 0.127 e. The Bertz CT molecular complexity index is 289. The van der Waals surface area contributed by atoms with Crippen LogP contribution in [0.15, 0.2) is 18.3 Å². The van der Waals surface area contributed by atoms with E-state index in [0.717, 1.165) is 24.7 Å². The molecule has 0 saturated carbocycles. The third-order valence-corrected chi connectivity index (χ3v) is 1.90. The van der Waals surface area contributed by atoms with Gasteiger partial charge in [-0.1, -0.05) is 0 Å². The lowest BCUT2D eigenvalue weighted by molar-refractivity contribution is 0.0870. The molecule has 0 aliphatic heterocycles. The number of hydrogen-bond acceptors (Lipinski definition) is 4. The van der Waals surface area contributed by atoms with E-state index in [9.17, 15) is 0 Å². The number of hydrogen-bond donors (Lipinski definition) is 2. The van der Waals surface area contributed by atoms with Gasteiger partial charge in [0.05, 0.1) is 12.7 Å². The maximum absolute atomic E-state index is 5.43. The van der Waals surface area contributed by atoms with Crippen LogP contribution in [0.5, 0.6) is 0 Å². The van der Waals surface area contributed by atoms with Crippen molar-refractivity contribution in [2.75, 3.05) is 30.8 Å². The molecule has 4 heteroatoms. The van der Waals surface area contributed by atoms with Gasteiger partial charge in [-0.2, -0.15) is 0 Å². The Morgan fingerprint density at radius 1 is 1.47 bits per heavy atom. The summed E-state index contributed by atoms with van der Waals surface area (Å²) < 4.78 is 5.43. The van der Waals surface area contributed by atoms with Crippen molar-refractivity contribution in [3.05, 3.63) is 18.3 Å². The van der Waals surface area contributed by atoms with Crippen molar-refractivity contribution in [1.29, 1.82) is 0 Å². The van der Waals surface area contributed by atoms with Crippen LogP contribution in [0.2, 0.25) is 0 Å². The summed E-state index contributed by atoms with van der Waals surface area (Å²) in [5.74, 6) is 0.866. The van der Waals surface area contributed by atoms with Crippen LogP contribution in [0.1, 0.15) is 13.8 Å². The highest BCUT2D eigenvalue weighted by atomic mass is 16.5. The van der Waals surface area contributed by atoms with Gasteiger partial charge in [0, 0.05) is 31.5 Å². The molecule has 4 nitrogen and oxygen atoms in total. The first-order valence-electron chi connectivity index (χ1n) is 5.21. The molecule has 0 fully saturated rings. The van der Waals surface area contributed by atoms with E-state index in [4.69, 9.17) is 4.74 Å². The van der Waals surface area contributed by atoms with E-state index in [2.05, 4.69) is 15.6 Å². The Balaban J connectivity index is 2.30. The van der Waals surface area contributed by atoms with Crippen LogP contribution in [0.25, 0.3) is 0 Å². The van der Waals surface area contributed by atoms with Crippen molar-refractivity contribution < 1.29 is 4.74 Å². The lowest BCUT2D eigenvalue weighted by Crippen LogP contribution is -2.13. The Morgan fingerprint density at radius 3 is 2.93 bits per heavy atom. The molecule has 1 aromatic heterocycles.